The Hall–Kier alpha value is -11.9. The summed E-state index contributed by atoms with van der Waals surface area (Å²) in [7, 11) is 0. The molecule has 2 aliphatic heterocycles. The van der Waals surface area contributed by atoms with Crippen LogP contribution in [0.1, 0.15) is 88.0 Å². The summed E-state index contributed by atoms with van der Waals surface area (Å²) in [4.78, 5) is 4.31. The van der Waals surface area contributed by atoms with Gasteiger partial charge in [-0.25, -0.2) is 0 Å². The molecule has 2 aromatic heterocycles. The Balaban J connectivity index is 1.03. The number of aromatic nitrogens is 2. The van der Waals surface area contributed by atoms with Gasteiger partial charge in [0.1, 0.15) is 11.6 Å². The van der Waals surface area contributed by atoms with Crippen LogP contribution in [0.25, 0.3) is 105 Å². The summed E-state index contributed by atoms with van der Waals surface area (Å²) in [5, 5.41) is 14.3. The molecular weight excluding hydrogens is 1200 g/mol. The number of nitrogens with zero attached hydrogens (tertiary/aromatic N) is 5. The van der Waals surface area contributed by atoms with Crippen molar-refractivity contribution in [1.82, 2.24) is 9.13 Å². The molecule has 6 heteroatoms. The maximum absolute atomic E-state index is 12.6. The van der Waals surface area contributed by atoms with Gasteiger partial charge in [0.2, 0.25) is 6.71 Å². The molecule has 0 fully saturated rings. The second-order valence-corrected chi connectivity index (χ2v) is 28.2. The highest BCUT2D eigenvalue weighted by Gasteiger charge is 2.49. The SMILES string of the molecule is [2H]c1c([2H])c([2H])c(-c2ccc3c(c2)N(c2cc(-c4ccccc4)cc(-c4ccccc4)c2)c2cc(-n4c5c([2H])c([2H])c([2H])c([2H])c5c5c([2H])c([2H])c([2H])c([2H])c54)cc4c2B3C2CC=C(c3cc(C(C)(C)C)cc(C(C)(C)C)c3)C=C2N4c2cccc(-n3c4ccccc4c4cc(-c5ccccc5)ccc43)c2C#N)c([2H])c1[2H]. The molecule has 0 spiro atoms. The van der Waals surface area contributed by atoms with Gasteiger partial charge in [-0.15, -0.1) is 0 Å². The van der Waals surface area contributed by atoms with Gasteiger partial charge in [0.15, 0.2) is 0 Å². The molecule has 472 valence electrons. The van der Waals surface area contributed by atoms with Crippen LogP contribution in [-0.4, -0.2) is 15.8 Å². The molecule has 0 saturated carbocycles. The number of anilines is 5. The first kappa shape index (κ1) is 47.1. The fourth-order valence-corrected chi connectivity index (χ4v) is 15.5. The molecule has 13 aromatic carbocycles. The zero-order chi connectivity index (χ0) is 78.2. The minimum absolute atomic E-state index is 0.0119. The zero-order valence-electron chi connectivity index (χ0n) is 68.5. The van der Waals surface area contributed by atoms with Crippen LogP contribution in [0.5, 0.6) is 0 Å². The van der Waals surface area contributed by atoms with Crippen LogP contribution >= 0.6 is 0 Å². The molecule has 0 amide bonds. The zero-order valence-corrected chi connectivity index (χ0v) is 55.5. The van der Waals surface area contributed by atoms with Gasteiger partial charge in [0, 0.05) is 50.0 Å². The van der Waals surface area contributed by atoms with Crippen molar-refractivity contribution in [2.45, 2.75) is 64.6 Å². The van der Waals surface area contributed by atoms with Crippen LogP contribution < -0.4 is 20.7 Å². The molecule has 99 heavy (non-hydrogen) atoms. The Kier molecular flexibility index (Phi) is 11.0. The van der Waals surface area contributed by atoms with Crippen molar-refractivity contribution >= 4 is 95.3 Å². The van der Waals surface area contributed by atoms with Gasteiger partial charge in [-0.2, -0.15) is 5.26 Å². The lowest BCUT2D eigenvalue weighted by atomic mass is 9.29. The van der Waals surface area contributed by atoms with Crippen LogP contribution in [0.4, 0.5) is 28.4 Å². The minimum atomic E-state index is -0.603. The summed E-state index contributed by atoms with van der Waals surface area (Å²) in [5.41, 5.74) is 17.3. The van der Waals surface area contributed by atoms with Crippen molar-refractivity contribution < 1.29 is 17.8 Å². The summed E-state index contributed by atoms with van der Waals surface area (Å²) < 4.78 is 126. The lowest BCUT2D eigenvalue weighted by molar-refractivity contribution is 0.568. The Morgan fingerprint density at radius 2 is 0.949 bits per heavy atom. The third-order valence-electron chi connectivity index (χ3n) is 20.3. The maximum atomic E-state index is 12.6. The lowest BCUT2D eigenvalue weighted by Crippen LogP contribution is -2.58. The smallest absolute Gasteiger partial charge is 0.226 e. The van der Waals surface area contributed by atoms with Crippen molar-refractivity contribution in [2.75, 3.05) is 9.80 Å². The van der Waals surface area contributed by atoms with E-state index in [1.165, 1.54) is 0 Å². The van der Waals surface area contributed by atoms with Gasteiger partial charge in [0.05, 0.1) is 56.9 Å². The molecule has 1 atom stereocenters. The monoisotopic (exact) mass is 1280 g/mol. The summed E-state index contributed by atoms with van der Waals surface area (Å²) in [6, 6.07) is 69.8. The Morgan fingerprint density at radius 3 is 1.59 bits per heavy atom. The minimum Gasteiger partial charge on any atom is -0.314 e. The van der Waals surface area contributed by atoms with E-state index in [0.717, 1.165) is 94.1 Å². The van der Waals surface area contributed by atoms with E-state index in [4.69, 9.17) is 4.11 Å². The average Bonchev–Trinajstić information content (AvgIpc) is 1.37. The maximum Gasteiger partial charge on any atom is 0.226 e. The van der Waals surface area contributed by atoms with Gasteiger partial charge < -0.3 is 18.9 Å². The predicted molar refractivity (Wildman–Crippen MR) is 418 cm³/mol. The molecule has 0 radical (unpaired) electrons. The van der Waals surface area contributed by atoms with Crippen molar-refractivity contribution in [2.24, 2.45) is 0 Å². The van der Waals surface area contributed by atoms with Gasteiger partial charge >= 0.3 is 0 Å². The van der Waals surface area contributed by atoms with Crippen molar-refractivity contribution in [3.05, 3.63) is 337 Å². The molecule has 1 unspecified atom stereocenters. The Labute approximate surface area is 598 Å². The number of hydrogen-bond acceptors (Lipinski definition) is 3. The predicted octanol–water partition coefficient (Wildman–Crippen LogP) is 23.3. The van der Waals surface area contributed by atoms with E-state index in [0.29, 0.717) is 51.7 Å². The quantitative estimate of drug-likeness (QED) is 0.135. The summed E-state index contributed by atoms with van der Waals surface area (Å²) in [6.45, 7) is 12.7. The van der Waals surface area contributed by atoms with Crippen LogP contribution in [0, 0.1) is 11.3 Å². The average molecular weight is 1280 g/mol. The first-order chi connectivity index (χ1) is 53.7. The van der Waals surface area contributed by atoms with Crippen LogP contribution in [0.3, 0.4) is 0 Å². The number of nitriles is 1. The van der Waals surface area contributed by atoms with Gasteiger partial charge in [0.25, 0.3) is 0 Å². The number of hydrogen-bond donors (Lipinski definition) is 0. The van der Waals surface area contributed by atoms with Crippen LogP contribution in [-0.2, 0) is 10.8 Å². The first-order valence-corrected chi connectivity index (χ1v) is 33.7. The fourth-order valence-electron chi connectivity index (χ4n) is 15.5. The number of rotatable bonds is 9. The second kappa shape index (κ2) is 23.2. The number of allylic oxidation sites excluding steroid dienone is 4. The Bertz CT molecular complexity index is 6510. The molecule has 1 aliphatic carbocycles. The highest BCUT2D eigenvalue weighted by molar-refractivity contribution is 6.91. The van der Waals surface area contributed by atoms with E-state index in [2.05, 4.69) is 153 Å². The lowest BCUT2D eigenvalue weighted by Gasteiger charge is -2.49. The van der Waals surface area contributed by atoms with E-state index in [1.807, 2.05) is 140 Å². The third kappa shape index (κ3) is 9.89. The number of benzene rings is 13. The van der Waals surface area contributed by atoms with E-state index in [9.17, 15) is 19.0 Å². The number of fused-ring (bicyclic) bond motifs is 10. The van der Waals surface area contributed by atoms with E-state index >= 15 is 0 Å². The molecule has 0 N–H and O–H groups in total. The molecule has 0 bridgehead atoms. The summed E-state index contributed by atoms with van der Waals surface area (Å²) >= 11 is 0. The topological polar surface area (TPSA) is 40.1 Å². The van der Waals surface area contributed by atoms with E-state index < -0.39 is 91.1 Å². The van der Waals surface area contributed by atoms with Gasteiger partial charge in [-0.05, 0) is 186 Å². The van der Waals surface area contributed by atoms with Gasteiger partial charge in [-0.3, -0.25) is 0 Å². The van der Waals surface area contributed by atoms with Crippen LogP contribution in [0.2, 0.25) is 5.82 Å². The highest BCUT2D eigenvalue weighted by Crippen LogP contribution is 2.55. The number of para-hydroxylation sites is 3. The normalized spacial score (nSPS) is 16.1. The molecule has 18 rings (SSSR count). The van der Waals surface area contributed by atoms with Crippen molar-refractivity contribution in [3.8, 4) is 62.0 Å². The molecule has 3 aliphatic rings. The first-order valence-electron chi connectivity index (χ1n) is 40.2. The van der Waals surface area contributed by atoms with E-state index in [1.54, 1.807) is 4.57 Å². The molecule has 0 saturated heterocycles. The van der Waals surface area contributed by atoms with Crippen molar-refractivity contribution in [3.63, 3.8) is 0 Å². The molecule has 15 aromatic rings. The largest absolute Gasteiger partial charge is 0.314 e. The highest BCUT2D eigenvalue weighted by atomic mass is 15.2. The third-order valence-corrected chi connectivity index (χ3v) is 20.3. The van der Waals surface area contributed by atoms with Crippen LogP contribution in [0.15, 0.2) is 315 Å². The molecule has 5 nitrogen and oxygen atoms in total. The summed E-state index contributed by atoms with van der Waals surface area (Å²) in [5.74, 6) is -0.469. The van der Waals surface area contributed by atoms with Crippen molar-refractivity contribution in [1.29, 1.82) is 5.26 Å². The fraction of sp³-hybridized carbons (Fsp3) is 0.108. The molecule has 4 heterocycles. The second-order valence-electron chi connectivity index (χ2n) is 28.2. The van der Waals surface area contributed by atoms with Gasteiger partial charge in [-0.1, -0.05) is 266 Å². The van der Waals surface area contributed by atoms with E-state index in [-0.39, 0.29) is 43.9 Å². The Morgan fingerprint density at radius 1 is 0.394 bits per heavy atom. The molecular formula is C93H72BN5. The summed E-state index contributed by atoms with van der Waals surface area (Å²) in [6.07, 6.45) is 4.99. The standard InChI is InChI=1S/C93H72BN5/c1-92(2,3)70-49-69(50-71(56-70)93(4,5)6)66-43-46-80-88(55-66)99(85-41-25-40-84(78(85)59-95)98-83-39-24-21-36-76(83)77-53-64(44-47-86(77)98)60-26-11-7-12-27-60)90-58-73(96-81-37-22-19-34-74(81)75-35-20-23-38-82(75)96)57-89-91(90)94(80)79-45-42-65(61-28-13-8-14-29-61)54-87(79)97(89)72-51-67(62-30-15-9-16-31-62)48-68(52-72)63-32-17-10-18-33-63/h7-45,47-58,80H,46H2,1-6H3/i8D,13D,14D,19D,20D,22D,23D,28D,29D,34D,35D,37D,38D.